The summed E-state index contributed by atoms with van der Waals surface area (Å²) >= 11 is 15.6. The molecule has 2 aliphatic rings. The largest absolute Gasteiger partial charge is 0.489 e. The number of nitrogens with two attached hydrogens (primary N) is 1. The Kier molecular flexibility index (Phi) is 7.02. The minimum atomic E-state index is -0.782. The van der Waals surface area contributed by atoms with E-state index in [0.717, 1.165) is 10.0 Å². The fourth-order valence-corrected chi connectivity index (χ4v) is 4.74. The highest BCUT2D eigenvalue weighted by molar-refractivity contribution is 9.10. The third kappa shape index (κ3) is 4.76. The summed E-state index contributed by atoms with van der Waals surface area (Å²) in [6, 6.07) is 10.6. The Bertz CT molecular complexity index is 1210. The number of Topliss-reactive ketones (excluding diaryl/α,β-unsaturated/α-hetero) is 1. The van der Waals surface area contributed by atoms with E-state index in [2.05, 4.69) is 15.9 Å². The molecule has 1 aliphatic heterocycles. The summed E-state index contributed by atoms with van der Waals surface area (Å²) in [6.45, 7) is 0.196. The van der Waals surface area contributed by atoms with Crippen molar-refractivity contribution in [2.75, 3.05) is 7.11 Å². The summed E-state index contributed by atoms with van der Waals surface area (Å²) < 4.78 is 17.6. The summed E-state index contributed by atoms with van der Waals surface area (Å²) in [4.78, 5) is 25.7. The molecule has 0 radical (unpaired) electrons. The number of halogens is 3. The zero-order chi connectivity index (χ0) is 23.7. The van der Waals surface area contributed by atoms with Crippen LogP contribution < -0.4 is 10.5 Å². The zero-order valence-electron chi connectivity index (χ0n) is 17.6. The number of hydrogen-bond acceptors (Lipinski definition) is 6. The van der Waals surface area contributed by atoms with Gasteiger partial charge < -0.3 is 19.9 Å². The van der Waals surface area contributed by atoms with Crippen LogP contribution in [-0.2, 0) is 25.7 Å². The number of carbonyl (C=O) groups is 2. The van der Waals surface area contributed by atoms with Gasteiger partial charge in [0.15, 0.2) is 5.78 Å². The molecule has 1 aliphatic carbocycles. The van der Waals surface area contributed by atoms with Gasteiger partial charge in [-0.05, 0) is 42.3 Å². The van der Waals surface area contributed by atoms with Gasteiger partial charge in [-0.2, -0.15) is 0 Å². The van der Waals surface area contributed by atoms with E-state index in [-0.39, 0.29) is 23.8 Å². The molecule has 4 rings (SSSR count). The maximum atomic E-state index is 13.0. The number of carbonyl (C=O) groups excluding carboxylic acids is 2. The molecule has 0 saturated heterocycles. The van der Waals surface area contributed by atoms with Gasteiger partial charge in [-0.15, -0.1) is 0 Å². The van der Waals surface area contributed by atoms with Gasteiger partial charge in [-0.25, -0.2) is 4.79 Å². The van der Waals surface area contributed by atoms with Crippen molar-refractivity contribution >= 4 is 50.9 Å². The number of benzene rings is 2. The van der Waals surface area contributed by atoms with E-state index in [1.54, 1.807) is 18.2 Å². The Balaban J connectivity index is 1.80. The number of ketones is 1. The molecule has 33 heavy (non-hydrogen) atoms. The normalized spacial score (nSPS) is 18.1. The SMILES string of the molecule is COC(=O)C1=C(N)OC2=C(C(=O)CCC2)[C@@H]1c1cc(Br)ccc1OCc1ccc(Cl)c(Cl)c1. The molecule has 2 N–H and O–H groups in total. The van der Waals surface area contributed by atoms with Gasteiger partial charge in [0.1, 0.15) is 23.7 Å². The van der Waals surface area contributed by atoms with Crippen LogP contribution >= 0.6 is 39.1 Å². The van der Waals surface area contributed by atoms with Crippen molar-refractivity contribution in [1.29, 1.82) is 0 Å². The van der Waals surface area contributed by atoms with Gasteiger partial charge in [0.05, 0.1) is 23.1 Å². The van der Waals surface area contributed by atoms with E-state index < -0.39 is 11.9 Å². The van der Waals surface area contributed by atoms with Gasteiger partial charge in [0, 0.05) is 28.5 Å². The van der Waals surface area contributed by atoms with Crippen LogP contribution in [0.25, 0.3) is 0 Å². The summed E-state index contributed by atoms with van der Waals surface area (Å²) in [5.41, 5.74) is 8.04. The Hall–Kier alpha value is -2.48. The van der Waals surface area contributed by atoms with Gasteiger partial charge in [-0.1, -0.05) is 45.2 Å². The lowest BCUT2D eigenvalue weighted by molar-refractivity contribution is -0.136. The minimum absolute atomic E-state index is 0.0731. The molecule has 1 heterocycles. The summed E-state index contributed by atoms with van der Waals surface area (Å²) in [7, 11) is 1.26. The molecule has 0 saturated carbocycles. The fourth-order valence-electron chi connectivity index (χ4n) is 4.04. The van der Waals surface area contributed by atoms with E-state index in [0.29, 0.717) is 52.0 Å². The van der Waals surface area contributed by atoms with Crippen molar-refractivity contribution in [3.63, 3.8) is 0 Å². The van der Waals surface area contributed by atoms with E-state index >= 15 is 0 Å². The monoisotopic (exact) mass is 551 g/mol. The van der Waals surface area contributed by atoms with Crippen LogP contribution in [0, 0.1) is 0 Å². The maximum absolute atomic E-state index is 13.0. The van der Waals surface area contributed by atoms with Crippen molar-refractivity contribution in [3.05, 3.63) is 84.8 Å². The van der Waals surface area contributed by atoms with E-state index in [9.17, 15) is 9.59 Å². The quantitative estimate of drug-likeness (QED) is 0.472. The average Bonchev–Trinajstić information content (AvgIpc) is 2.79. The number of esters is 1. The van der Waals surface area contributed by atoms with Gasteiger partial charge in [0.25, 0.3) is 0 Å². The zero-order valence-corrected chi connectivity index (χ0v) is 20.7. The summed E-state index contributed by atoms with van der Waals surface area (Å²) in [6.07, 6.45) is 1.57. The van der Waals surface area contributed by atoms with Crippen LogP contribution in [0.1, 0.15) is 36.3 Å². The molecule has 1 atom stereocenters. The molecule has 172 valence electrons. The molecule has 0 spiro atoms. The minimum Gasteiger partial charge on any atom is -0.489 e. The molecular weight excluding hydrogens is 533 g/mol. The highest BCUT2D eigenvalue weighted by atomic mass is 79.9. The second-order valence-electron chi connectivity index (χ2n) is 7.64. The van der Waals surface area contributed by atoms with Crippen molar-refractivity contribution in [1.82, 2.24) is 0 Å². The second-order valence-corrected chi connectivity index (χ2v) is 9.37. The fraction of sp³-hybridized carbons (Fsp3) is 0.250. The van der Waals surface area contributed by atoms with Gasteiger partial charge in [0.2, 0.25) is 5.88 Å². The molecular formula is C24H20BrCl2NO5. The highest BCUT2D eigenvalue weighted by Crippen LogP contribution is 2.47. The predicted octanol–water partition coefficient (Wildman–Crippen LogP) is 5.80. The molecule has 2 aromatic carbocycles. The molecule has 0 unspecified atom stereocenters. The van der Waals surface area contributed by atoms with Crippen LogP contribution in [-0.4, -0.2) is 18.9 Å². The third-order valence-electron chi connectivity index (χ3n) is 5.55. The van der Waals surface area contributed by atoms with Crippen LogP contribution in [0.5, 0.6) is 5.75 Å². The number of ether oxygens (including phenoxy) is 3. The third-order valence-corrected chi connectivity index (χ3v) is 6.78. The first kappa shape index (κ1) is 23.7. The smallest absolute Gasteiger partial charge is 0.340 e. The molecule has 6 nitrogen and oxygen atoms in total. The van der Waals surface area contributed by atoms with Crippen molar-refractivity contribution in [2.24, 2.45) is 5.73 Å². The summed E-state index contributed by atoms with van der Waals surface area (Å²) in [5.74, 6) is -0.651. The van der Waals surface area contributed by atoms with Crippen molar-refractivity contribution < 1.29 is 23.8 Å². The molecule has 0 fully saturated rings. The van der Waals surface area contributed by atoms with Crippen molar-refractivity contribution in [2.45, 2.75) is 31.8 Å². The van der Waals surface area contributed by atoms with Crippen LogP contribution in [0.3, 0.4) is 0 Å². The molecule has 2 aromatic rings. The van der Waals surface area contributed by atoms with Gasteiger partial charge >= 0.3 is 5.97 Å². The number of hydrogen-bond donors (Lipinski definition) is 1. The number of allylic oxidation sites excluding steroid dienone is 2. The second kappa shape index (κ2) is 9.79. The Morgan fingerprint density at radius 1 is 1.18 bits per heavy atom. The van der Waals surface area contributed by atoms with Crippen molar-refractivity contribution in [3.8, 4) is 5.75 Å². The molecule has 9 heteroatoms. The topological polar surface area (TPSA) is 87.9 Å². The molecule has 0 aromatic heterocycles. The Labute approximate surface area is 209 Å². The predicted molar refractivity (Wildman–Crippen MR) is 128 cm³/mol. The lowest BCUT2D eigenvalue weighted by atomic mass is 9.77. The van der Waals surface area contributed by atoms with Crippen LogP contribution in [0.2, 0.25) is 10.0 Å². The van der Waals surface area contributed by atoms with Gasteiger partial charge in [-0.3, -0.25) is 4.79 Å². The van der Waals surface area contributed by atoms with Crippen LogP contribution in [0.15, 0.2) is 63.7 Å². The standard InChI is InChI=1S/C24H20BrCl2NO5/c1-31-24(30)22-20(21-17(29)3-2-4-19(21)33-23(22)28)14-10-13(25)6-8-18(14)32-11-12-5-7-15(26)16(27)9-12/h5-10,20H,2-4,11,28H2,1H3/t20-/m0/s1. The number of methoxy groups -OCH3 is 1. The summed E-state index contributed by atoms with van der Waals surface area (Å²) in [5, 5.41) is 0.870. The molecule has 0 bridgehead atoms. The Morgan fingerprint density at radius 2 is 1.97 bits per heavy atom. The lowest BCUT2D eigenvalue weighted by Gasteiger charge is -2.33. The van der Waals surface area contributed by atoms with E-state index in [1.807, 2.05) is 18.2 Å². The number of rotatable bonds is 5. The first-order chi connectivity index (χ1) is 15.8. The van der Waals surface area contributed by atoms with E-state index in [1.165, 1.54) is 7.11 Å². The van der Waals surface area contributed by atoms with Crippen LogP contribution in [0.4, 0.5) is 0 Å². The molecule has 0 amide bonds. The Morgan fingerprint density at radius 3 is 2.70 bits per heavy atom. The van der Waals surface area contributed by atoms with E-state index in [4.69, 9.17) is 43.1 Å². The average molecular weight is 553 g/mol. The lowest BCUT2D eigenvalue weighted by Crippen LogP contribution is -2.31. The highest BCUT2D eigenvalue weighted by Gasteiger charge is 2.42. The first-order valence-corrected chi connectivity index (χ1v) is 11.7. The first-order valence-electron chi connectivity index (χ1n) is 10.2. The maximum Gasteiger partial charge on any atom is 0.340 e.